The van der Waals surface area contributed by atoms with Crippen LogP contribution in [0.3, 0.4) is 0 Å². The molecule has 1 aliphatic carbocycles. The number of aliphatic hydroxyl groups is 1. The van der Waals surface area contributed by atoms with E-state index in [1.807, 2.05) is 13.8 Å². The van der Waals surface area contributed by atoms with Gasteiger partial charge in [0.2, 0.25) is 5.91 Å². The molecule has 0 saturated carbocycles. The van der Waals surface area contributed by atoms with Crippen LogP contribution in [0.15, 0.2) is 12.3 Å². The van der Waals surface area contributed by atoms with E-state index in [4.69, 9.17) is 9.84 Å². The minimum Gasteiger partial charge on any atom is -0.481 e. The van der Waals surface area contributed by atoms with Gasteiger partial charge in [0.25, 0.3) is 0 Å². The largest absolute Gasteiger partial charge is 0.481 e. The molecule has 0 fully saturated rings. The zero-order valence-electron chi connectivity index (χ0n) is 16.7. The number of ether oxygens (including phenoxy) is 1. The predicted molar refractivity (Wildman–Crippen MR) is 102 cm³/mol. The lowest BCUT2D eigenvalue weighted by molar-refractivity contribution is -0.142. The van der Waals surface area contributed by atoms with E-state index in [1.165, 1.54) is 11.6 Å². The van der Waals surface area contributed by atoms with Gasteiger partial charge in [-0.15, -0.1) is 5.10 Å². The first-order chi connectivity index (χ1) is 13.4. The molecule has 0 radical (unpaired) electrons. The number of aliphatic carboxylic acids is 1. The number of carbonyl (C=O) groups is 2. The molecule has 0 saturated heterocycles. The van der Waals surface area contributed by atoms with Gasteiger partial charge in [-0.3, -0.25) is 9.59 Å². The highest BCUT2D eigenvalue weighted by atomic mass is 16.5. The molecule has 9 nitrogen and oxygen atoms in total. The highest BCUT2D eigenvalue weighted by Gasteiger charge is 2.38. The Labute approximate surface area is 164 Å². The van der Waals surface area contributed by atoms with Crippen molar-refractivity contribution in [2.75, 3.05) is 6.61 Å². The van der Waals surface area contributed by atoms with Gasteiger partial charge in [0, 0.05) is 13.5 Å². The standard InChI is InChI=1S/C19H30N4O5/c1-4-15(5-2)28-17-10-13(19(26)27)9-16(18(17)20-12(3)25)23-11-14(21-22-23)7-6-8-24/h9,11,13,15,17-18,24H,4-8,10H2,1-3H3,(H,20,25)(H,26,27)/t13?,17-,18-/m1/s1. The molecule has 0 bridgehead atoms. The van der Waals surface area contributed by atoms with Crippen molar-refractivity contribution in [1.82, 2.24) is 20.3 Å². The summed E-state index contributed by atoms with van der Waals surface area (Å²) in [5.41, 5.74) is 1.22. The number of carboxylic acids is 1. The van der Waals surface area contributed by atoms with Crippen LogP contribution in [0.25, 0.3) is 5.70 Å². The van der Waals surface area contributed by atoms with E-state index in [1.54, 1.807) is 12.3 Å². The van der Waals surface area contributed by atoms with Crippen molar-refractivity contribution in [2.24, 2.45) is 5.92 Å². The fourth-order valence-corrected chi connectivity index (χ4v) is 3.39. The normalized spacial score (nSPS) is 22.2. The highest BCUT2D eigenvalue weighted by Crippen LogP contribution is 2.30. The van der Waals surface area contributed by atoms with E-state index >= 15 is 0 Å². The first kappa shape index (κ1) is 22.0. The zero-order valence-corrected chi connectivity index (χ0v) is 16.7. The summed E-state index contributed by atoms with van der Waals surface area (Å²) in [7, 11) is 0. The lowest BCUT2D eigenvalue weighted by Gasteiger charge is -2.36. The number of nitrogens with one attached hydrogen (secondary N) is 1. The maximum Gasteiger partial charge on any atom is 0.310 e. The molecule has 1 aromatic heterocycles. The third-order valence-corrected chi connectivity index (χ3v) is 4.90. The highest BCUT2D eigenvalue weighted by molar-refractivity contribution is 5.79. The molecule has 156 valence electrons. The van der Waals surface area contributed by atoms with Gasteiger partial charge in [-0.1, -0.05) is 19.1 Å². The summed E-state index contributed by atoms with van der Waals surface area (Å²) in [6.45, 7) is 5.50. The van der Waals surface area contributed by atoms with Gasteiger partial charge >= 0.3 is 5.97 Å². The Balaban J connectivity index is 2.39. The number of aryl methyl sites for hydroxylation is 1. The van der Waals surface area contributed by atoms with Gasteiger partial charge in [-0.05, 0) is 38.2 Å². The Bertz CT molecular complexity index is 698. The fraction of sp³-hybridized carbons (Fsp3) is 0.684. The fourth-order valence-electron chi connectivity index (χ4n) is 3.39. The van der Waals surface area contributed by atoms with E-state index < -0.39 is 24.0 Å². The molecule has 0 aromatic carbocycles. The zero-order chi connectivity index (χ0) is 20.7. The average molecular weight is 394 g/mol. The van der Waals surface area contributed by atoms with Crippen molar-refractivity contribution in [3.05, 3.63) is 18.0 Å². The van der Waals surface area contributed by atoms with Gasteiger partial charge in [-0.25, -0.2) is 4.68 Å². The summed E-state index contributed by atoms with van der Waals surface area (Å²) in [6, 6.07) is -0.527. The molecule has 1 aromatic rings. The number of hydrogen-bond donors (Lipinski definition) is 3. The Morgan fingerprint density at radius 3 is 2.68 bits per heavy atom. The molecule has 9 heteroatoms. The Hall–Kier alpha value is -2.26. The van der Waals surface area contributed by atoms with Gasteiger partial charge < -0.3 is 20.3 Å². The number of rotatable bonds is 10. The molecule has 2 rings (SSSR count). The number of aliphatic hydroxyl groups excluding tert-OH is 1. The second kappa shape index (κ2) is 10.3. The van der Waals surface area contributed by atoms with Crippen molar-refractivity contribution in [3.63, 3.8) is 0 Å². The molecule has 3 N–H and O–H groups in total. The molecular weight excluding hydrogens is 364 g/mol. The second-order valence-corrected chi connectivity index (χ2v) is 7.04. The second-order valence-electron chi connectivity index (χ2n) is 7.04. The van der Waals surface area contributed by atoms with Crippen LogP contribution in [-0.2, 0) is 20.7 Å². The Morgan fingerprint density at radius 1 is 1.39 bits per heavy atom. The average Bonchev–Trinajstić information content (AvgIpc) is 3.13. The van der Waals surface area contributed by atoms with Crippen LogP contribution in [0, 0.1) is 5.92 Å². The third-order valence-electron chi connectivity index (χ3n) is 4.90. The van der Waals surface area contributed by atoms with Crippen molar-refractivity contribution in [2.45, 2.75) is 71.1 Å². The van der Waals surface area contributed by atoms with Crippen LogP contribution in [0.4, 0.5) is 0 Å². The van der Waals surface area contributed by atoms with E-state index in [2.05, 4.69) is 15.6 Å². The quantitative estimate of drug-likeness (QED) is 0.545. The van der Waals surface area contributed by atoms with E-state index in [0.717, 1.165) is 12.8 Å². The van der Waals surface area contributed by atoms with E-state index in [9.17, 15) is 14.7 Å². The first-order valence-electron chi connectivity index (χ1n) is 9.79. The number of aromatic nitrogens is 3. The van der Waals surface area contributed by atoms with Gasteiger partial charge in [0.1, 0.15) is 0 Å². The molecule has 3 atom stereocenters. The number of carboxylic acid groups (broad SMARTS) is 1. The molecular formula is C19H30N4O5. The summed E-state index contributed by atoms with van der Waals surface area (Å²) >= 11 is 0. The van der Waals surface area contributed by atoms with Crippen LogP contribution in [-0.4, -0.2) is 61.9 Å². The Morgan fingerprint density at radius 2 is 2.11 bits per heavy atom. The summed E-state index contributed by atoms with van der Waals surface area (Å²) in [5, 5.41) is 29.7. The van der Waals surface area contributed by atoms with Crippen molar-refractivity contribution in [3.8, 4) is 0 Å². The summed E-state index contributed by atoms with van der Waals surface area (Å²) < 4.78 is 7.70. The molecule has 1 heterocycles. The summed E-state index contributed by atoms with van der Waals surface area (Å²) in [4.78, 5) is 23.6. The maximum absolute atomic E-state index is 11.8. The predicted octanol–water partition coefficient (Wildman–Crippen LogP) is 1.23. The summed E-state index contributed by atoms with van der Waals surface area (Å²) in [5.74, 6) is -1.93. The van der Waals surface area contributed by atoms with Crippen LogP contribution in [0.1, 0.15) is 52.1 Å². The molecule has 0 spiro atoms. The van der Waals surface area contributed by atoms with Gasteiger partial charge in [-0.2, -0.15) is 0 Å². The van der Waals surface area contributed by atoms with Gasteiger partial charge in [0.05, 0.1) is 41.8 Å². The van der Waals surface area contributed by atoms with E-state index in [0.29, 0.717) is 24.2 Å². The maximum atomic E-state index is 11.8. The third kappa shape index (κ3) is 5.62. The number of amides is 1. The minimum atomic E-state index is -0.947. The Kier molecular flexibility index (Phi) is 8.13. The molecule has 1 amide bonds. The SMILES string of the molecule is CCC(CC)O[C@@H]1CC(C(=O)O)C=C(n2cc(CCCO)nn2)[C@H]1NC(C)=O. The van der Waals surface area contributed by atoms with Crippen LogP contribution in [0.2, 0.25) is 0 Å². The molecule has 1 unspecified atom stereocenters. The van der Waals surface area contributed by atoms with Gasteiger partial charge in [0.15, 0.2) is 0 Å². The smallest absolute Gasteiger partial charge is 0.310 e. The number of nitrogens with zero attached hydrogens (tertiary/aromatic N) is 3. The van der Waals surface area contributed by atoms with Crippen molar-refractivity contribution < 1.29 is 24.5 Å². The summed E-state index contributed by atoms with van der Waals surface area (Å²) in [6.07, 6.45) is 5.79. The lowest BCUT2D eigenvalue weighted by atomic mass is 9.87. The monoisotopic (exact) mass is 394 g/mol. The topological polar surface area (TPSA) is 127 Å². The van der Waals surface area contributed by atoms with Crippen molar-refractivity contribution >= 4 is 17.6 Å². The molecule has 1 aliphatic rings. The van der Waals surface area contributed by atoms with Crippen LogP contribution >= 0.6 is 0 Å². The first-order valence-corrected chi connectivity index (χ1v) is 9.79. The number of hydrogen-bond acceptors (Lipinski definition) is 6. The van der Waals surface area contributed by atoms with Crippen molar-refractivity contribution in [1.29, 1.82) is 0 Å². The molecule has 0 aliphatic heterocycles. The van der Waals surface area contributed by atoms with E-state index in [-0.39, 0.29) is 25.0 Å². The number of carbonyl (C=O) groups excluding carboxylic acids is 1. The van der Waals surface area contributed by atoms with Crippen LogP contribution < -0.4 is 5.32 Å². The lowest BCUT2D eigenvalue weighted by Crippen LogP contribution is -2.50. The molecule has 28 heavy (non-hydrogen) atoms. The minimum absolute atomic E-state index is 0.0223. The van der Waals surface area contributed by atoms with Crippen LogP contribution in [0.5, 0.6) is 0 Å².